The van der Waals surface area contributed by atoms with E-state index in [0.717, 1.165) is 12.1 Å². The molecule has 0 aromatic heterocycles. The predicted molar refractivity (Wildman–Crippen MR) is 97.1 cm³/mol. The molecule has 0 saturated heterocycles. The first-order valence-electron chi connectivity index (χ1n) is 8.11. The smallest absolute Gasteiger partial charge is 0.225 e. The van der Waals surface area contributed by atoms with Crippen molar-refractivity contribution in [2.75, 3.05) is 11.9 Å². The van der Waals surface area contributed by atoms with Gasteiger partial charge in [-0.2, -0.15) is 0 Å². The summed E-state index contributed by atoms with van der Waals surface area (Å²) in [6, 6.07) is 9.82. The Morgan fingerprint density at radius 2 is 2.00 bits per heavy atom. The average molecular weight is 367 g/mol. The van der Waals surface area contributed by atoms with E-state index in [4.69, 9.17) is 0 Å². The Morgan fingerprint density at radius 1 is 1.24 bits per heavy atom. The molecule has 3 nitrogen and oxygen atoms in total. The Hall–Kier alpha value is -1.98. The van der Waals surface area contributed by atoms with E-state index in [1.54, 1.807) is 31.2 Å². The highest BCUT2D eigenvalue weighted by Crippen LogP contribution is 2.26. The van der Waals surface area contributed by atoms with Crippen molar-refractivity contribution < 1.29 is 13.6 Å². The molecular formula is C19H21ClF2N2O. The van der Waals surface area contributed by atoms with Gasteiger partial charge in [-0.15, -0.1) is 12.4 Å². The standard InChI is InChI=1S/C19H20F2N2O.ClH/c1-12(14-4-2-3-5-16(14)20)10-18(24)23-17-7-6-13-11-22-9-8-15(13)19(17)21;/h2-7,12,22H,8-11H2,1H3,(H,23,24);1H. The summed E-state index contributed by atoms with van der Waals surface area (Å²) in [6.07, 6.45) is 0.704. The Morgan fingerprint density at radius 3 is 2.76 bits per heavy atom. The van der Waals surface area contributed by atoms with E-state index in [1.165, 1.54) is 6.07 Å². The van der Waals surface area contributed by atoms with Gasteiger partial charge in [-0.25, -0.2) is 8.78 Å². The summed E-state index contributed by atoms with van der Waals surface area (Å²) in [5, 5.41) is 5.81. The molecule has 1 heterocycles. The molecule has 0 aliphatic carbocycles. The summed E-state index contributed by atoms with van der Waals surface area (Å²) < 4.78 is 28.3. The Kier molecular flexibility index (Phi) is 6.51. The third kappa shape index (κ3) is 4.35. The number of amides is 1. The van der Waals surface area contributed by atoms with Crippen molar-refractivity contribution in [1.29, 1.82) is 0 Å². The zero-order chi connectivity index (χ0) is 17.1. The largest absolute Gasteiger partial charge is 0.324 e. The third-order valence-corrected chi connectivity index (χ3v) is 4.41. The van der Waals surface area contributed by atoms with Crippen molar-refractivity contribution in [3.8, 4) is 0 Å². The molecule has 1 aliphatic heterocycles. The van der Waals surface area contributed by atoms with E-state index in [0.29, 0.717) is 24.1 Å². The van der Waals surface area contributed by atoms with Crippen molar-refractivity contribution in [2.45, 2.75) is 32.2 Å². The van der Waals surface area contributed by atoms with Crippen LogP contribution in [0.4, 0.5) is 14.5 Å². The highest BCUT2D eigenvalue weighted by atomic mass is 35.5. The van der Waals surface area contributed by atoms with Crippen molar-refractivity contribution in [3.63, 3.8) is 0 Å². The van der Waals surface area contributed by atoms with Crippen molar-refractivity contribution in [2.24, 2.45) is 0 Å². The number of benzene rings is 2. The molecule has 0 fully saturated rings. The van der Waals surface area contributed by atoms with E-state index in [-0.39, 0.29) is 48.0 Å². The summed E-state index contributed by atoms with van der Waals surface area (Å²) >= 11 is 0. The normalized spacial score (nSPS) is 14.2. The van der Waals surface area contributed by atoms with Crippen LogP contribution in [0, 0.1) is 11.6 Å². The zero-order valence-corrected chi connectivity index (χ0v) is 14.8. The van der Waals surface area contributed by atoms with Gasteiger partial charge in [-0.3, -0.25) is 4.79 Å². The van der Waals surface area contributed by atoms with Crippen molar-refractivity contribution >= 4 is 24.0 Å². The van der Waals surface area contributed by atoms with Gasteiger partial charge in [0.2, 0.25) is 5.91 Å². The Labute approximate surface area is 152 Å². The van der Waals surface area contributed by atoms with Gasteiger partial charge >= 0.3 is 0 Å². The fraction of sp³-hybridized carbons (Fsp3) is 0.316. The Balaban J connectivity index is 0.00000225. The minimum atomic E-state index is -0.360. The quantitative estimate of drug-likeness (QED) is 0.852. The maximum Gasteiger partial charge on any atom is 0.225 e. The summed E-state index contributed by atoms with van der Waals surface area (Å²) in [4.78, 5) is 12.2. The van der Waals surface area contributed by atoms with E-state index < -0.39 is 0 Å². The Bertz CT molecular complexity index is 767. The van der Waals surface area contributed by atoms with Gasteiger partial charge in [0.15, 0.2) is 0 Å². The molecule has 2 aromatic rings. The summed E-state index contributed by atoms with van der Waals surface area (Å²) in [6.45, 7) is 3.16. The van der Waals surface area contributed by atoms with Gasteiger partial charge in [-0.05, 0) is 47.7 Å². The summed E-state index contributed by atoms with van der Waals surface area (Å²) in [7, 11) is 0. The minimum Gasteiger partial charge on any atom is -0.324 e. The van der Waals surface area contributed by atoms with E-state index in [1.807, 2.05) is 6.07 Å². The van der Waals surface area contributed by atoms with Gasteiger partial charge in [0, 0.05) is 13.0 Å². The van der Waals surface area contributed by atoms with Crippen LogP contribution in [0.25, 0.3) is 0 Å². The molecule has 0 radical (unpaired) electrons. The zero-order valence-electron chi connectivity index (χ0n) is 13.9. The van der Waals surface area contributed by atoms with Gasteiger partial charge in [0.25, 0.3) is 0 Å². The molecule has 1 unspecified atom stereocenters. The van der Waals surface area contributed by atoms with Gasteiger partial charge in [-0.1, -0.05) is 31.2 Å². The molecule has 3 rings (SSSR count). The highest BCUT2D eigenvalue weighted by Gasteiger charge is 2.19. The second-order valence-corrected chi connectivity index (χ2v) is 6.17. The fourth-order valence-electron chi connectivity index (χ4n) is 3.09. The molecule has 0 saturated carbocycles. The molecule has 0 bridgehead atoms. The minimum absolute atomic E-state index is 0. The third-order valence-electron chi connectivity index (χ3n) is 4.41. The van der Waals surface area contributed by atoms with Gasteiger partial charge in [0.05, 0.1) is 5.69 Å². The highest BCUT2D eigenvalue weighted by molar-refractivity contribution is 5.91. The average Bonchev–Trinajstić information content (AvgIpc) is 2.58. The molecule has 2 aromatic carbocycles. The maximum absolute atomic E-state index is 14.5. The van der Waals surface area contributed by atoms with Gasteiger partial charge in [0.1, 0.15) is 11.6 Å². The maximum atomic E-state index is 14.5. The van der Waals surface area contributed by atoms with E-state index in [9.17, 15) is 13.6 Å². The first-order chi connectivity index (χ1) is 11.6. The van der Waals surface area contributed by atoms with Crippen LogP contribution in [0.1, 0.15) is 36.0 Å². The lowest BCUT2D eigenvalue weighted by atomic mass is 9.96. The second kappa shape index (κ2) is 8.41. The number of fused-ring (bicyclic) bond motifs is 1. The molecule has 2 N–H and O–H groups in total. The van der Waals surface area contributed by atoms with E-state index >= 15 is 0 Å². The number of carbonyl (C=O) groups is 1. The lowest BCUT2D eigenvalue weighted by Crippen LogP contribution is -2.25. The molecule has 25 heavy (non-hydrogen) atoms. The van der Waals surface area contributed by atoms with Crippen molar-refractivity contribution in [1.82, 2.24) is 5.32 Å². The summed E-state index contributed by atoms with van der Waals surface area (Å²) in [5.74, 6) is -1.29. The topological polar surface area (TPSA) is 41.1 Å². The molecule has 134 valence electrons. The number of rotatable bonds is 4. The number of halogens is 3. The van der Waals surface area contributed by atoms with E-state index in [2.05, 4.69) is 10.6 Å². The van der Waals surface area contributed by atoms with Crippen LogP contribution in [-0.2, 0) is 17.8 Å². The summed E-state index contributed by atoms with van der Waals surface area (Å²) in [5.41, 5.74) is 2.27. The molecule has 6 heteroatoms. The predicted octanol–water partition coefficient (Wildman–Crippen LogP) is 4.16. The van der Waals surface area contributed by atoms with Crippen LogP contribution >= 0.6 is 12.4 Å². The number of anilines is 1. The molecule has 1 aliphatic rings. The number of nitrogens with one attached hydrogen (secondary N) is 2. The number of carbonyl (C=O) groups excluding carboxylic acids is 1. The van der Waals surface area contributed by atoms with Crippen LogP contribution in [0.5, 0.6) is 0 Å². The molecule has 1 amide bonds. The lowest BCUT2D eigenvalue weighted by Gasteiger charge is -2.20. The number of hydrogen-bond donors (Lipinski definition) is 2. The van der Waals surface area contributed by atoms with Crippen LogP contribution in [0.3, 0.4) is 0 Å². The SMILES string of the molecule is CC(CC(=O)Nc1ccc2c(c1F)CCNC2)c1ccccc1F.Cl. The van der Waals surface area contributed by atoms with Crippen molar-refractivity contribution in [3.05, 3.63) is 64.7 Å². The second-order valence-electron chi connectivity index (χ2n) is 6.17. The van der Waals surface area contributed by atoms with Crippen LogP contribution in [-0.4, -0.2) is 12.5 Å². The molecule has 1 atom stereocenters. The fourth-order valence-corrected chi connectivity index (χ4v) is 3.09. The van der Waals surface area contributed by atoms with Crippen LogP contribution in [0.15, 0.2) is 36.4 Å². The number of hydrogen-bond acceptors (Lipinski definition) is 2. The first kappa shape index (κ1) is 19.3. The lowest BCUT2D eigenvalue weighted by molar-refractivity contribution is -0.116. The molecular weight excluding hydrogens is 346 g/mol. The first-order valence-corrected chi connectivity index (χ1v) is 8.11. The van der Waals surface area contributed by atoms with Crippen LogP contribution in [0.2, 0.25) is 0 Å². The van der Waals surface area contributed by atoms with Crippen LogP contribution < -0.4 is 10.6 Å². The van der Waals surface area contributed by atoms with Gasteiger partial charge < -0.3 is 10.6 Å². The molecule has 0 spiro atoms. The monoisotopic (exact) mass is 366 g/mol.